The maximum Gasteiger partial charge on any atom is 0.264 e. The molecule has 3 aromatic rings. The minimum absolute atomic E-state index is 0.149. The van der Waals surface area contributed by atoms with E-state index in [-0.39, 0.29) is 5.91 Å². The quantitative estimate of drug-likeness (QED) is 0.607. The van der Waals surface area contributed by atoms with Gasteiger partial charge in [0.25, 0.3) is 5.91 Å². The van der Waals surface area contributed by atoms with Crippen molar-refractivity contribution in [3.8, 4) is 22.8 Å². The van der Waals surface area contributed by atoms with E-state index < -0.39 is 0 Å². The summed E-state index contributed by atoms with van der Waals surface area (Å²) in [6.45, 7) is 3.02. The van der Waals surface area contributed by atoms with E-state index in [1.807, 2.05) is 36.0 Å². The normalized spacial score (nSPS) is 17.0. The Kier molecular flexibility index (Phi) is 5.50. The Balaban J connectivity index is 1.73. The predicted molar refractivity (Wildman–Crippen MR) is 116 cm³/mol. The van der Waals surface area contributed by atoms with Gasteiger partial charge in [-0.2, -0.15) is 5.10 Å². The number of amides is 1. The van der Waals surface area contributed by atoms with Crippen molar-refractivity contribution in [1.29, 1.82) is 0 Å². The molecule has 1 amide bonds. The Hall–Kier alpha value is -2.54. The molecule has 1 aliphatic rings. The molecule has 2 aromatic heterocycles. The average Bonchev–Trinajstić information content (AvgIpc) is 3.33. The van der Waals surface area contributed by atoms with Crippen LogP contribution in [0.15, 0.2) is 24.3 Å². The molecule has 1 fully saturated rings. The molecule has 0 aliphatic carbocycles. The van der Waals surface area contributed by atoms with Crippen molar-refractivity contribution in [2.24, 2.45) is 7.05 Å². The SMILES string of the molecule is CC[C@@H]1CCCCN1C(=O)c1cc2c(-c3ccc(OC)c(OC)c3)nn(C)c2s1. The highest BCUT2D eigenvalue weighted by Gasteiger charge is 2.28. The number of fused-ring (bicyclic) bond motifs is 1. The van der Waals surface area contributed by atoms with E-state index in [0.717, 1.165) is 52.2 Å². The molecule has 0 unspecified atom stereocenters. The second-order valence-corrected chi connectivity index (χ2v) is 8.46. The number of carbonyl (C=O) groups excluding carboxylic acids is 1. The molecule has 1 aromatic carbocycles. The van der Waals surface area contributed by atoms with Gasteiger partial charge in [-0.3, -0.25) is 9.48 Å². The molecular formula is C22H27N3O3S. The minimum Gasteiger partial charge on any atom is -0.493 e. The van der Waals surface area contributed by atoms with Gasteiger partial charge in [0.1, 0.15) is 10.5 Å². The van der Waals surface area contributed by atoms with Gasteiger partial charge >= 0.3 is 0 Å². The number of aryl methyl sites for hydroxylation is 1. The van der Waals surface area contributed by atoms with E-state index in [0.29, 0.717) is 17.5 Å². The third-order valence-electron chi connectivity index (χ3n) is 5.74. The van der Waals surface area contributed by atoms with Crippen LogP contribution < -0.4 is 9.47 Å². The molecule has 0 spiro atoms. The zero-order chi connectivity index (χ0) is 20.5. The van der Waals surface area contributed by atoms with Crippen LogP contribution in [0, 0.1) is 0 Å². The molecule has 0 radical (unpaired) electrons. The molecule has 0 bridgehead atoms. The first-order valence-electron chi connectivity index (χ1n) is 10.1. The van der Waals surface area contributed by atoms with Gasteiger partial charge in [-0.05, 0) is 49.9 Å². The Bertz CT molecular complexity index is 1040. The van der Waals surface area contributed by atoms with Gasteiger partial charge in [-0.1, -0.05) is 6.92 Å². The molecule has 1 saturated heterocycles. The molecular weight excluding hydrogens is 386 g/mol. The van der Waals surface area contributed by atoms with Crippen molar-refractivity contribution < 1.29 is 14.3 Å². The lowest BCUT2D eigenvalue weighted by atomic mass is 10.00. The van der Waals surface area contributed by atoms with E-state index in [2.05, 4.69) is 11.8 Å². The Morgan fingerprint density at radius 2 is 2.00 bits per heavy atom. The first-order chi connectivity index (χ1) is 14.1. The fourth-order valence-corrected chi connectivity index (χ4v) is 5.20. The summed E-state index contributed by atoms with van der Waals surface area (Å²) in [5.41, 5.74) is 1.79. The number of carbonyl (C=O) groups is 1. The summed E-state index contributed by atoms with van der Waals surface area (Å²) in [4.78, 5) is 17.1. The third-order valence-corrected chi connectivity index (χ3v) is 6.93. The fourth-order valence-electron chi connectivity index (χ4n) is 4.18. The number of methoxy groups -OCH3 is 2. The number of hydrogen-bond donors (Lipinski definition) is 0. The highest BCUT2D eigenvalue weighted by molar-refractivity contribution is 7.20. The number of thiophene rings is 1. The summed E-state index contributed by atoms with van der Waals surface area (Å²) in [6, 6.07) is 8.14. The van der Waals surface area contributed by atoms with Crippen LogP contribution in [0.3, 0.4) is 0 Å². The second-order valence-electron chi connectivity index (χ2n) is 7.43. The molecule has 1 aliphatic heterocycles. The van der Waals surface area contributed by atoms with E-state index in [4.69, 9.17) is 14.6 Å². The van der Waals surface area contributed by atoms with Crippen LogP contribution in [0.5, 0.6) is 11.5 Å². The van der Waals surface area contributed by atoms with Crippen LogP contribution in [-0.4, -0.2) is 47.4 Å². The van der Waals surface area contributed by atoms with Crippen molar-refractivity contribution in [2.45, 2.75) is 38.6 Å². The highest BCUT2D eigenvalue weighted by atomic mass is 32.1. The molecule has 29 heavy (non-hydrogen) atoms. The molecule has 4 rings (SSSR count). The fraction of sp³-hybridized carbons (Fsp3) is 0.455. The number of piperidine rings is 1. The minimum atomic E-state index is 0.149. The van der Waals surface area contributed by atoms with Gasteiger partial charge in [0.15, 0.2) is 11.5 Å². The third kappa shape index (κ3) is 3.48. The standard InChI is InChI=1S/C22H27N3O3S/c1-5-15-8-6-7-11-25(15)21(26)19-13-16-20(23-24(2)22(16)29-19)14-9-10-17(27-3)18(12-14)28-4/h9-10,12-13,15H,5-8,11H2,1-4H3/t15-/m1/s1. The molecule has 154 valence electrons. The van der Waals surface area contributed by atoms with Gasteiger partial charge in [0.05, 0.1) is 19.1 Å². The van der Waals surface area contributed by atoms with Gasteiger partial charge in [0, 0.05) is 30.6 Å². The zero-order valence-corrected chi connectivity index (χ0v) is 18.2. The lowest BCUT2D eigenvalue weighted by Gasteiger charge is -2.35. The molecule has 0 N–H and O–H groups in total. The Morgan fingerprint density at radius 3 is 2.72 bits per heavy atom. The molecule has 0 saturated carbocycles. The van der Waals surface area contributed by atoms with E-state index in [9.17, 15) is 4.79 Å². The summed E-state index contributed by atoms with van der Waals surface area (Å²) < 4.78 is 12.6. The number of aromatic nitrogens is 2. The molecule has 1 atom stereocenters. The summed E-state index contributed by atoms with van der Waals surface area (Å²) in [6.07, 6.45) is 4.41. The van der Waals surface area contributed by atoms with Crippen LogP contribution in [0.2, 0.25) is 0 Å². The summed E-state index contributed by atoms with van der Waals surface area (Å²) in [7, 11) is 5.17. The van der Waals surface area contributed by atoms with Gasteiger partial charge in [0.2, 0.25) is 0 Å². The number of ether oxygens (including phenoxy) is 2. The Labute approximate surface area is 175 Å². The van der Waals surface area contributed by atoms with Gasteiger partial charge in [-0.15, -0.1) is 11.3 Å². The van der Waals surface area contributed by atoms with Crippen LogP contribution in [0.25, 0.3) is 21.5 Å². The lowest BCUT2D eigenvalue weighted by molar-refractivity contribution is 0.0613. The average molecular weight is 414 g/mol. The van der Waals surface area contributed by atoms with Crippen LogP contribution in [0.4, 0.5) is 0 Å². The predicted octanol–water partition coefficient (Wildman–Crippen LogP) is 4.72. The van der Waals surface area contributed by atoms with Crippen molar-refractivity contribution in [2.75, 3.05) is 20.8 Å². The number of rotatable bonds is 5. The summed E-state index contributed by atoms with van der Waals surface area (Å²) in [5, 5.41) is 5.70. The zero-order valence-electron chi connectivity index (χ0n) is 17.4. The number of hydrogen-bond acceptors (Lipinski definition) is 5. The van der Waals surface area contributed by atoms with E-state index in [1.165, 1.54) is 17.8 Å². The monoisotopic (exact) mass is 413 g/mol. The maximum atomic E-state index is 13.2. The van der Waals surface area contributed by atoms with Crippen molar-refractivity contribution in [3.63, 3.8) is 0 Å². The lowest BCUT2D eigenvalue weighted by Crippen LogP contribution is -2.43. The summed E-state index contributed by atoms with van der Waals surface area (Å²) >= 11 is 1.52. The van der Waals surface area contributed by atoms with E-state index >= 15 is 0 Å². The first kappa shape index (κ1) is 19.8. The number of nitrogens with zero attached hydrogens (tertiary/aromatic N) is 3. The molecule has 3 heterocycles. The number of benzene rings is 1. The van der Waals surface area contributed by atoms with Crippen LogP contribution in [-0.2, 0) is 7.05 Å². The molecule has 7 heteroatoms. The van der Waals surface area contributed by atoms with Crippen molar-refractivity contribution >= 4 is 27.5 Å². The van der Waals surface area contributed by atoms with E-state index in [1.54, 1.807) is 14.2 Å². The van der Waals surface area contributed by atoms with Crippen molar-refractivity contribution in [3.05, 3.63) is 29.1 Å². The van der Waals surface area contributed by atoms with Gasteiger partial charge in [-0.25, -0.2) is 0 Å². The Morgan fingerprint density at radius 1 is 1.21 bits per heavy atom. The second kappa shape index (κ2) is 8.06. The van der Waals surface area contributed by atoms with Crippen LogP contribution >= 0.6 is 11.3 Å². The number of likely N-dealkylation sites (tertiary alicyclic amines) is 1. The largest absolute Gasteiger partial charge is 0.493 e. The molecule has 6 nitrogen and oxygen atoms in total. The maximum absolute atomic E-state index is 13.2. The van der Waals surface area contributed by atoms with Gasteiger partial charge < -0.3 is 14.4 Å². The highest BCUT2D eigenvalue weighted by Crippen LogP contribution is 2.38. The summed E-state index contributed by atoms with van der Waals surface area (Å²) in [5.74, 6) is 1.49. The topological polar surface area (TPSA) is 56.6 Å². The van der Waals surface area contributed by atoms with Crippen LogP contribution in [0.1, 0.15) is 42.3 Å². The first-order valence-corrected chi connectivity index (χ1v) is 10.9. The smallest absolute Gasteiger partial charge is 0.264 e. The van der Waals surface area contributed by atoms with Crippen molar-refractivity contribution in [1.82, 2.24) is 14.7 Å².